The highest BCUT2D eigenvalue weighted by Gasteiger charge is 2.09. The lowest BCUT2D eigenvalue weighted by atomic mass is 10.1. The van der Waals surface area contributed by atoms with E-state index in [2.05, 4.69) is 11.1 Å². The molecule has 172 valence electrons. The van der Waals surface area contributed by atoms with Gasteiger partial charge >= 0.3 is 5.97 Å². The zero-order valence-electron chi connectivity index (χ0n) is 19.3. The molecule has 0 atom stereocenters. The van der Waals surface area contributed by atoms with Crippen molar-refractivity contribution < 1.29 is 18.7 Å². The van der Waals surface area contributed by atoms with Gasteiger partial charge in [-0.15, -0.1) is 0 Å². The lowest BCUT2D eigenvalue weighted by molar-refractivity contribution is 0.0734. The van der Waals surface area contributed by atoms with E-state index in [0.29, 0.717) is 17.1 Å². The molecule has 0 bridgehead atoms. The number of hydrogen-bond donors (Lipinski definition) is 0. The van der Waals surface area contributed by atoms with Crippen molar-refractivity contribution in [3.8, 4) is 22.8 Å². The van der Waals surface area contributed by atoms with Crippen LogP contribution in [0.25, 0.3) is 22.3 Å². The van der Waals surface area contributed by atoms with Crippen molar-refractivity contribution in [1.29, 1.82) is 0 Å². The Morgan fingerprint density at radius 1 is 0.857 bits per heavy atom. The summed E-state index contributed by atoms with van der Waals surface area (Å²) in [6, 6.07) is 26.0. The summed E-state index contributed by atoms with van der Waals surface area (Å²) in [5, 5.41) is 1.69. The zero-order chi connectivity index (χ0) is 24.2. The fraction of sp³-hybridized carbons (Fsp3) is 0.0690. The van der Waals surface area contributed by atoms with Crippen LogP contribution in [0.15, 0.2) is 107 Å². The molecule has 0 amide bonds. The molecule has 0 saturated carbocycles. The van der Waals surface area contributed by atoms with Gasteiger partial charge in [0.25, 0.3) is 0 Å². The van der Waals surface area contributed by atoms with E-state index in [9.17, 15) is 4.79 Å². The summed E-state index contributed by atoms with van der Waals surface area (Å²) in [5.41, 5.74) is 3.94. The van der Waals surface area contributed by atoms with Crippen molar-refractivity contribution in [1.82, 2.24) is 4.98 Å². The molecule has 6 nitrogen and oxygen atoms in total. The Labute approximate surface area is 202 Å². The number of pyridine rings is 1. The molecule has 0 aliphatic carbocycles. The molecule has 3 aromatic carbocycles. The smallest absolute Gasteiger partial charge is 0.343 e. The Morgan fingerprint density at radius 3 is 2.29 bits per heavy atom. The summed E-state index contributed by atoms with van der Waals surface area (Å²) in [6.07, 6.45) is 3.11. The number of nitrogens with zero attached hydrogens (tertiary/aromatic N) is 2. The van der Waals surface area contributed by atoms with Crippen molar-refractivity contribution in [3.05, 3.63) is 114 Å². The van der Waals surface area contributed by atoms with Crippen LogP contribution in [0.3, 0.4) is 0 Å². The third kappa shape index (κ3) is 4.96. The number of carbonyl (C=O) groups is 1. The molecule has 2 heterocycles. The summed E-state index contributed by atoms with van der Waals surface area (Å²) in [7, 11) is 1.64. The first-order valence-electron chi connectivity index (χ1n) is 11.0. The summed E-state index contributed by atoms with van der Waals surface area (Å²) in [4.78, 5) is 21.1. The van der Waals surface area contributed by atoms with Crippen molar-refractivity contribution in [2.75, 3.05) is 7.11 Å². The Bertz CT molecular complexity index is 1560. The van der Waals surface area contributed by atoms with E-state index in [0.717, 1.165) is 38.9 Å². The molecule has 0 radical (unpaired) electrons. The SMILES string of the molecule is COc1ccc(-c2cc(=Nc3ccc(OC(=O)c4ccncc4)cc3)c3cc(C)ccc3o2)cc1. The quantitative estimate of drug-likeness (QED) is 0.228. The van der Waals surface area contributed by atoms with E-state index in [4.69, 9.17) is 18.9 Å². The van der Waals surface area contributed by atoms with Crippen LogP contribution in [0.1, 0.15) is 15.9 Å². The largest absolute Gasteiger partial charge is 0.497 e. The van der Waals surface area contributed by atoms with Crippen LogP contribution in [0.5, 0.6) is 11.5 Å². The van der Waals surface area contributed by atoms with Gasteiger partial charge in [-0.3, -0.25) is 4.98 Å². The third-order valence-electron chi connectivity index (χ3n) is 5.49. The summed E-state index contributed by atoms with van der Waals surface area (Å²) in [5.74, 6) is 1.48. The van der Waals surface area contributed by atoms with Crippen LogP contribution in [-0.2, 0) is 0 Å². The minimum absolute atomic E-state index is 0.438. The number of ether oxygens (including phenoxy) is 2. The Morgan fingerprint density at radius 2 is 1.57 bits per heavy atom. The summed E-state index contributed by atoms with van der Waals surface area (Å²) < 4.78 is 16.9. The van der Waals surface area contributed by atoms with Crippen molar-refractivity contribution in [2.45, 2.75) is 6.92 Å². The van der Waals surface area contributed by atoms with Crippen LogP contribution in [-0.4, -0.2) is 18.1 Å². The fourth-order valence-electron chi connectivity index (χ4n) is 3.65. The van der Waals surface area contributed by atoms with Crippen LogP contribution in [0, 0.1) is 6.92 Å². The molecule has 0 aliphatic rings. The molecular weight excluding hydrogens is 440 g/mol. The second-order valence-electron chi connectivity index (χ2n) is 7.96. The van der Waals surface area contributed by atoms with E-state index in [1.807, 2.05) is 61.5 Å². The van der Waals surface area contributed by atoms with Crippen molar-refractivity contribution in [2.24, 2.45) is 4.99 Å². The molecule has 0 saturated heterocycles. The highest BCUT2D eigenvalue weighted by atomic mass is 16.5. The van der Waals surface area contributed by atoms with Gasteiger partial charge in [-0.25, -0.2) is 9.79 Å². The topological polar surface area (TPSA) is 73.9 Å². The van der Waals surface area contributed by atoms with Gasteiger partial charge in [0, 0.05) is 29.4 Å². The number of benzene rings is 3. The molecule has 0 aliphatic heterocycles. The summed E-state index contributed by atoms with van der Waals surface area (Å²) >= 11 is 0. The van der Waals surface area contributed by atoms with E-state index in [1.54, 1.807) is 43.8 Å². The second kappa shape index (κ2) is 9.65. The molecule has 5 rings (SSSR count). The lowest BCUT2D eigenvalue weighted by Gasteiger charge is -2.07. The van der Waals surface area contributed by atoms with Crippen LogP contribution >= 0.6 is 0 Å². The minimum atomic E-state index is -0.438. The average molecular weight is 463 g/mol. The Hall–Kier alpha value is -4.71. The minimum Gasteiger partial charge on any atom is -0.497 e. The first kappa shape index (κ1) is 22.1. The van der Waals surface area contributed by atoms with Crippen LogP contribution in [0.4, 0.5) is 5.69 Å². The molecule has 6 heteroatoms. The van der Waals surface area contributed by atoms with Gasteiger partial charge in [-0.05, 0) is 79.7 Å². The van der Waals surface area contributed by atoms with Gasteiger partial charge in [0.05, 0.1) is 23.7 Å². The van der Waals surface area contributed by atoms with E-state index in [1.165, 1.54) is 0 Å². The third-order valence-corrected chi connectivity index (χ3v) is 5.49. The van der Waals surface area contributed by atoms with Crippen molar-refractivity contribution in [3.63, 3.8) is 0 Å². The average Bonchev–Trinajstić information content (AvgIpc) is 2.90. The normalized spacial score (nSPS) is 11.4. The molecule has 2 aromatic heterocycles. The number of methoxy groups -OCH3 is 1. The maximum Gasteiger partial charge on any atom is 0.343 e. The van der Waals surface area contributed by atoms with Crippen molar-refractivity contribution >= 4 is 22.6 Å². The van der Waals surface area contributed by atoms with Gasteiger partial charge in [0.1, 0.15) is 22.8 Å². The first-order valence-corrected chi connectivity index (χ1v) is 11.0. The van der Waals surface area contributed by atoms with Gasteiger partial charge in [-0.2, -0.15) is 0 Å². The molecule has 35 heavy (non-hydrogen) atoms. The number of aromatic nitrogens is 1. The highest BCUT2D eigenvalue weighted by molar-refractivity contribution is 5.90. The van der Waals surface area contributed by atoms with Gasteiger partial charge in [-0.1, -0.05) is 11.6 Å². The number of fused-ring (bicyclic) bond motifs is 1. The van der Waals surface area contributed by atoms with Crippen LogP contribution in [0.2, 0.25) is 0 Å². The van der Waals surface area contributed by atoms with Gasteiger partial charge in [0.2, 0.25) is 0 Å². The van der Waals surface area contributed by atoms with Gasteiger partial charge < -0.3 is 13.9 Å². The zero-order valence-corrected chi connectivity index (χ0v) is 19.3. The predicted octanol–water partition coefficient (Wildman–Crippen LogP) is 6.26. The lowest BCUT2D eigenvalue weighted by Crippen LogP contribution is -2.08. The molecule has 0 spiro atoms. The standard InChI is InChI=1S/C29H22N2O4/c1-19-3-12-27-25(17-19)26(18-28(35-27)20-4-8-23(33-2)9-5-20)31-22-6-10-24(11-7-22)34-29(32)21-13-15-30-16-14-21/h3-18H,1-2H3. The molecule has 0 unspecified atom stereocenters. The second-order valence-corrected chi connectivity index (χ2v) is 7.96. The summed E-state index contributed by atoms with van der Waals surface area (Å²) in [6.45, 7) is 2.03. The molecule has 0 N–H and O–H groups in total. The number of hydrogen-bond acceptors (Lipinski definition) is 6. The van der Waals surface area contributed by atoms with Crippen LogP contribution < -0.4 is 14.8 Å². The fourth-order valence-corrected chi connectivity index (χ4v) is 3.65. The Kier molecular flexibility index (Phi) is 6.09. The maximum atomic E-state index is 12.3. The predicted molar refractivity (Wildman–Crippen MR) is 134 cm³/mol. The molecular formula is C29H22N2O4. The maximum absolute atomic E-state index is 12.3. The van der Waals surface area contributed by atoms with E-state index < -0.39 is 5.97 Å². The number of carbonyl (C=O) groups excluding carboxylic acids is 1. The number of rotatable bonds is 5. The highest BCUT2D eigenvalue weighted by Crippen LogP contribution is 2.26. The monoisotopic (exact) mass is 462 g/mol. The van der Waals surface area contributed by atoms with Gasteiger partial charge in [0.15, 0.2) is 0 Å². The van der Waals surface area contributed by atoms with E-state index in [-0.39, 0.29) is 0 Å². The number of aryl methyl sites for hydroxylation is 1. The van der Waals surface area contributed by atoms with E-state index >= 15 is 0 Å². The molecule has 5 aromatic rings. The first-order chi connectivity index (χ1) is 17.1. The molecule has 0 fully saturated rings. The number of esters is 1. The Balaban J connectivity index is 1.51.